The van der Waals surface area contributed by atoms with Crippen LogP contribution in [0.1, 0.15) is 40.8 Å². The number of hydrogen-bond donors (Lipinski definition) is 1. The molecular formula is C17H20N2O3. The predicted molar refractivity (Wildman–Crippen MR) is 81.3 cm³/mol. The lowest BCUT2D eigenvalue weighted by Crippen LogP contribution is -2.40. The third kappa shape index (κ3) is 2.90. The molecule has 2 heterocycles. The Balaban J connectivity index is 1.61. The number of aliphatic hydroxyl groups excluding tert-OH is 1. The van der Waals surface area contributed by atoms with Crippen LogP contribution in [0.5, 0.6) is 0 Å². The third-order valence-electron chi connectivity index (χ3n) is 4.36. The topological polar surface area (TPSA) is 66.6 Å². The summed E-state index contributed by atoms with van der Waals surface area (Å²) in [4.78, 5) is 18.1. The number of carbonyl (C=O) groups excluding carboxylic acids is 1. The van der Waals surface area contributed by atoms with E-state index >= 15 is 0 Å². The molecule has 1 aliphatic heterocycles. The van der Waals surface area contributed by atoms with Gasteiger partial charge in [-0.15, -0.1) is 0 Å². The zero-order valence-corrected chi connectivity index (χ0v) is 12.6. The van der Waals surface area contributed by atoms with Gasteiger partial charge >= 0.3 is 0 Å². The first-order valence-corrected chi connectivity index (χ1v) is 7.59. The average Bonchev–Trinajstić information content (AvgIpc) is 3.00. The van der Waals surface area contributed by atoms with Gasteiger partial charge in [0.25, 0.3) is 5.91 Å². The lowest BCUT2D eigenvalue weighted by molar-refractivity contribution is 0.0458. The van der Waals surface area contributed by atoms with E-state index in [1.165, 1.54) is 6.39 Å². The van der Waals surface area contributed by atoms with Crippen LogP contribution in [0.3, 0.4) is 0 Å². The molecule has 1 aliphatic rings. The van der Waals surface area contributed by atoms with Crippen LogP contribution in [-0.2, 0) is 0 Å². The van der Waals surface area contributed by atoms with Gasteiger partial charge in [-0.1, -0.05) is 30.3 Å². The maximum Gasteiger partial charge on any atom is 0.276 e. The van der Waals surface area contributed by atoms with Crippen molar-refractivity contribution in [2.75, 3.05) is 13.1 Å². The van der Waals surface area contributed by atoms with Crippen molar-refractivity contribution in [3.05, 3.63) is 53.7 Å². The van der Waals surface area contributed by atoms with Crippen molar-refractivity contribution in [1.29, 1.82) is 0 Å². The molecule has 5 heteroatoms. The van der Waals surface area contributed by atoms with E-state index in [-0.39, 0.29) is 11.8 Å². The van der Waals surface area contributed by atoms with E-state index in [0.29, 0.717) is 24.5 Å². The first kappa shape index (κ1) is 14.8. The monoisotopic (exact) mass is 300 g/mol. The number of aromatic nitrogens is 1. The first-order chi connectivity index (χ1) is 10.7. The lowest BCUT2D eigenvalue weighted by atomic mass is 9.87. The molecule has 1 aromatic carbocycles. The van der Waals surface area contributed by atoms with E-state index < -0.39 is 6.10 Å². The maximum atomic E-state index is 12.4. The number of likely N-dealkylation sites (tertiary alicyclic amines) is 1. The number of carbonyl (C=O) groups is 1. The second-order valence-corrected chi connectivity index (χ2v) is 5.74. The highest BCUT2D eigenvalue weighted by molar-refractivity contribution is 5.93. The number of oxazole rings is 1. The summed E-state index contributed by atoms with van der Waals surface area (Å²) in [6.45, 7) is 3.02. The number of aliphatic hydroxyl groups is 1. The number of amides is 1. The van der Waals surface area contributed by atoms with Crippen LogP contribution in [0.4, 0.5) is 0 Å². The molecule has 1 saturated heterocycles. The summed E-state index contributed by atoms with van der Waals surface area (Å²) in [5.41, 5.74) is 1.33. The summed E-state index contributed by atoms with van der Waals surface area (Å²) < 4.78 is 5.10. The standard InChI is InChI=1S/C17H20N2O3/c1-12-15(18-11-22-12)17(21)19-9-7-14(8-10-19)16(20)13-5-3-2-4-6-13/h2-6,11,14,16,20H,7-10H2,1H3. The highest BCUT2D eigenvalue weighted by atomic mass is 16.3. The van der Waals surface area contributed by atoms with Crippen LogP contribution < -0.4 is 0 Å². The number of rotatable bonds is 3. The Morgan fingerprint density at radius 2 is 2.00 bits per heavy atom. The fourth-order valence-corrected chi connectivity index (χ4v) is 3.00. The Bertz CT molecular complexity index is 630. The zero-order valence-electron chi connectivity index (χ0n) is 12.6. The van der Waals surface area contributed by atoms with Gasteiger partial charge in [0.1, 0.15) is 5.76 Å². The molecule has 0 saturated carbocycles. The smallest absolute Gasteiger partial charge is 0.276 e. The molecular weight excluding hydrogens is 280 g/mol. The molecule has 1 amide bonds. The Labute approximate surface area is 129 Å². The molecule has 1 atom stereocenters. The lowest BCUT2D eigenvalue weighted by Gasteiger charge is -2.34. The van der Waals surface area contributed by atoms with Crippen LogP contribution in [0, 0.1) is 12.8 Å². The first-order valence-electron chi connectivity index (χ1n) is 7.59. The van der Waals surface area contributed by atoms with E-state index in [2.05, 4.69) is 4.98 Å². The molecule has 1 N–H and O–H groups in total. The average molecular weight is 300 g/mol. The van der Waals surface area contributed by atoms with Gasteiger partial charge in [-0.2, -0.15) is 0 Å². The van der Waals surface area contributed by atoms with Crippen molar-refractivity contribution in [3.8, 4) is 0 Å². The number of piperidine rings is 1. The summed E-state index contributed by atoms with van der Waals surface area (Å²) in [5, 5.41) is 10.5. The molecule has 22 heavy (non-hydrogen) atoms. The fourth-order valence-electron chi connectivity index (χ4n) is 3.00. The van der Waals surface area contributed by atoms with Crippen molar-refractivity contribution < 1.29 is 14.3 Å². The van der Waals surface area contributed by atoms with Crippen LogP contribution in [0.15, 0.2) is 41.1 Å². The van der Waals surface area contributed by atoms with Gasteiger partial charge in [0.2, 0.25) is 0 Å². The van der Waals surface area contributed by atoms with Crippen LogP contribution in [0.25, 0.3) is 0 Å². The highest BCUT2D eigenvalue weighted by Crippen LogP contribution is 2.31. The number of aryl methyl sites for hydroxylation is 1. The molecule has 2 aromatic rings. The van der Waals surface area contributed by atoms with Gasteiger partial charge in [0.15, 0.2) is 12.1 Å². The minimum atomic E-state index is -0.466. The minimum absolute atomic E-state index is 0.0844. The minimum Gasteiger partial charge on any atom is -0.448 e. The van der Waals surface area contributed by atoms with Crippen LogP contribution in [-0.4, -0.2) is 34.0 Å². The molecule has 1 fully saturated rings. The van der Waals surface area contributed by atoms with Crippen molar-refractivity contribution in [3.63, 3.8) is 0 Å². The van der Waals surface area contributed by atoms with Crippen LogP contribution >= 0.6 is 0 Å². The van der Waals surface area contributed by atoms with E-state index in [9.17, 15) is 9.90 Å². The number of hydrogen-bond acceptors (Lipinski definition) is 4. The highest BCUT2D eigenvalue weighted by Gasteiger charge is 2.30. The van der Waals surface area contributed by atoms with Crippen molar-refractivity contribution in [2.24, 2.45) is 5.92 Å². The SMILES string of the molecule is Cc1ocnc1C(=O)N1CCC(C(O)c2ccccc2)CC1. The fraction of sp³-hybridized carbons (Fsp3) is 0.412. The third-order valence-corrected chi connectivity index (χ3v) is 4.36. The molecule has 5 nitrogen and oxygen atoms in total. The van der Waals surface area contributed by atoms with E-state index in [1.807, 2.05) is 30.3 Å². The van der Waals surface area contributed by atoms with Gasteiger partial charge in [-0.3, -0.25) is 4.79 Å². The van der Waals surface area contributed by atoms with Crippen molar-refractivity contribution >= 4 is 5.91 Å². The van der Waals surface area contributed by atoms with E-state index in [4.69, 9.17) is 4.42 Å². The Kier molecular flexibility index (Phi) is 4.24. The molecule has 116 valence electrons. The predicted octanol–water partition coefficient (Wildman–Crippen LogP) is 2.57. The summed E-state index contributed by atoms with van der Waals surface area (Å²) in [7, 11) is 0. The van der Waals surface area contributed by atoms with Gasteiger partial charge in [-0.05, 0) is 31.2 Å². The van der Waals surface area contributed by atoms with Gasteiger partial charge in [0.05, 0.1) is 6.10 Å². The van der Waals surface area contributed by atoms with Gasteiger partial charge < -0.3 is 14.4 Å². The zero-order chi connectivity index (χ0) is 15.5. The van der Waals surface area contributed by atoms with E-state index in [1.54, 1.807) is 11.8 Å². The van der Waals surface area contributed by atoms with Gasteiger partial charge in [-0.25, -0.2) is 4.98 Å². The van der Waals surface area contributed by atoms with E-state index in [0.717, 1.165) is 18.4 Å². The normalized spacial score (nSPS) is 17.5. The van der Waals surface area contributed by atoms with Crippen LogP contribution in [0.2, 0.25) is 0 Å². The Morgan fingerprint density at radius 3 is 2.59 bits per heavy atom. The summed E-state index contributed by atoms with van der Waals surface area (Å²) in [5.74, 6) is 0.653. The molecule has 0 spiro atoms. The molecule has 0 bridgehead atoms. The summed E-state index contributed by atoms with van der Waals surface area (Å²) in [6, 6.07) is 9.70. The molecule has 0 radical (unpaired) electrons. The summed E-state index contributed by atoms with van der Waals surface area (Å²) in [6.07, 6.45) is 2.42. The Morgan fingerprint density at radius 1 is 1.32 bits per heavy atom. The molecule has 3 rings (SSSR count). The Hall–Kier alpha value is -2.14. The molecule has 1 unspecified atom stereocenters. The largest absolute Gasteiger partial charge is 0.448 e. The summed E-state index contributed by atoms with van der Waals surface area (Å²) >= 11 is 0. The number of benzene rings is 1. The van der Waals surface area contributed by atoms with Gasteiger partial charge in [0, 0.05) is 13.1 Å². The number of nitrogens with zero attached hydrogens (tertiary/aromatic N) is 2. The molecule has 1 aromatic heterocycles. The molecule has 0 aliphatic carbocycles. The maximum absolute atomic E-state index is 12.4. The van der Waals surface area contributed by atoms with Crippen molar-refractivity contribution in [2.45, 2.75) is 25.9 Å². The van der Waals surface area contributed by atoms with Crippen molar-refractivity contribution in [1.82, 2.24) is 9.88 Å². The second kappa shape index (κ2) is 6.32. The quantitative estimate of drug-likeness (QED) is 0.946. The second-order valence-electron chi connectivity index (χ2n) is 5.74.